The molecule has 1 fully saturated rings. The Bertz CT molecular complexity index is 618. The van der Waals surface area contributed by atoms with Gasteiger partial charge in [0.2, 0.25) is 0 Å². The second-order valence-corrected chi connectivity index (χ2v) is 7.05. The molecule has 0 aliphatic heterocycles. The lowest BCUT2D eigenvalue weighted by Crippen LogP contribution is -2.36. The molecule has 3 nitrogen and oxygen atoms in total. The summed E-state index contributed by atoms with van der Waals surface area (Å²) in [4.78, 5) is 6.80. The van der Waals surface area contributed by atoms with E-state index in [4.69, 9.17) is 0 Å². The summed E-state index contributed by atoms with van der Waals surface area (Å²) in [6.07, 6.45) is 6.92. The van der Waals surface area contributed by atoms with Crippen LogP contribution in [-0.4, -0.2) is 36.1 Å². The molecular formula is C17H22BrN3. The van der Waals surface area contributed by atoms with Crippen molar-refractivity contribution in [3.63, 3.8) is 0 Å². The highest BCUT2D eigenvalue weighted by molar-refractivity contribution is 9.10. The minimum atomic E-state index is 0.575. The van der Waals surface area contributed by atoms with Crippen LogP contribution in [0.5, 0.6) is 0 Å². The molecule has 112 valence electrons. The molecule has 0 unspecified atom stereocenters. The molecule has 0 radical (unpaired) electrons. The van der Waals surface area contributed by atoms with E-state index in [0.717, 1.165) is 16.0 Å². The minimum Gasteiger partial charge on any atom is -0.382 e. The van der Waals surface area contributed by atoms with Gasteiger partial charge in [-0.3, -0.25) is 4.98 Å². The van der Waals surface area contributed by atoms with Gasteiger partial charge in [0.15, 0.2) is 0 Å². The fraction of sp³-hybridized carbons (Fsp3) is 0.471. The number of hydrogen-bond donors (Lipinski definition) is 1. The maximum Gasteiger partial charge on any atom is 0.0723 e. The predicted molar refractivity (Wildman–Crippen MR) is 92.8 cm³/mol. The molecule has 1 aromatic carbocycles. The number of fused-ring (bicyclic) bond motifs is 1. The maximum absolute atomic E-state index is 4.44. The van der Waals surface area contributed by atoms with Gasteiger partial charge in [-0.05, 0) is 64.0 Å². The number of halogens is 1. The predicted octanol–water partition coefficient (Wildman–Crippen LogP) is 4.28. The van der Waals surface area contributed by atoms with E-state index in [1.807, 2.05) is 12.3 Å². The molecule has 0 atom stereocenters. The zero-order valence-corrected chi connectivity index (χ0v) is 14.2. The Hall–Kier alpha value is -1.13. The molecule has 1 heterocycles. The number of benzene rings is 1. The van der Waals surface area contributed by atoms with Crippen molar-refractivity contribution in [2.24, 2.45) is 0 Å². The highest BCUT2D eigenvalue weighted by Crippen LogP contribution is 2.29. The first-order chi connectivity index (χ1) is 10.1. The molecule has 4 heteroatoms. The molecular weight excluding hydrogens is 326 g/mol. The van der Waals surface area contributed by atoms with E-state index in [9.17, 15) is 0 Å². The Morgan fingerprint density at radius 2 is 1.90 bits per heavy atom. The van der Waals surface area contributed by atoms with Crippen LogP contribution in [0.4, 0.5) is 5.69 Å². The average molecular weight is 348 g/mol. The van der Waals surface area contributed by atoms with E-state index in [0.29, 0.717) is 6.04 Å². The molecule has 1 aliphatic rings. The second-order valence-electron chi connectivity index (χ2n) is 6.13. The first-order valence-electron chi connectivity index (χ1n) is 7.61. The maximum atomic E-state index is 4.44. The van der Waals surface area contributed by atoms with E-state index in [-0.39, 0.29) is 0 Å². The molecule has 2 aromatic rings. The molecule has 0 saturated heterocycles. The molecule has 1 saturated carbocycles. The minimum absolute atomic E-state index is 0.575. The highest BCUT2D eigenvalue weighted by Gasteiger charge is 2.22. The fourth-order valence-electron chi connectivity index (χ4n) is 3.20. The molecule has 3 rings (SSSR count). The monoisotopic (exact) mass is 347 g/mol. The molecule has 0 bridgehead atoms. The van der Waals surface area contributed by atoms with Crippen LogP contribution in [0, 0.1) is 0 Å². The highest BCUT2D eigenvalue weighted by atomic mass is 79.9. The third-order valence-electron chi connectivity index (χ3n) is 4.49. The van der Waals surface area contributed by atoms with Gasteiger partial charge in [-0.15, -0.1) is 0 Å². The molecule has 21 heavy (non-hydrogen) atoms. The number of anilines is 1. The molecule has 1 aromatic heterocycles. The summed E-state index contributed by atoms with van der Waals surface area (Å²) >= 11 is 3.55. The van der Waals surface area contributed by atoms with Crippen LogP contribution < -0.4 is 5.32 Å². The van der Waals surface area contributed by atoms with E-state index in [1.165, 1.54) is 36.8 Å². The number of nitrogens with zero attached hydrogens (tertiary/aromatic N) is 2. The zero-order chi connectivity index (χ0) is 14.8. The first kappa shape index (κ1) is 14.8. The SMILES string of the molecule is CN(C)C1CCC(Nc2ccnc3ccc(Br)cc23)CC1. The van der Waals surface area contributed by atoms with Crippen molar-refractivity contribution in [2.45, 2.75) is 37.8 Å². The quantitative estimate of drug-likeness (QED) is 0.897. The van der Waals surface area contributed by atoms with E-state index in [2.05, 4.69) is 63.4 Å². The van der Waals surface area contributed by atoms with Gasteiger partial charge in [0.05, 0.1) is 5.52 Å². The van der Waals surface area contributed by atoms with Gasteiger partial charge in [0, 0.05) is 33.8 Å². The van der Waals surface area contributed by atoms with Crippen LogP contribution >= 0.6 is 15.9 Å². The molecule has 0 amide bonds. The summed E-state index contributed by atoms with van der Waals surface area (Å²) in [6, 6.07) is 9.66. The van der Waals surface area contributed by atoms with Crippen molar-refractivity contribution in [2.75, 3.05) is 19.4 Å². The van der Waals surface area contributed by atoms with Crippen molar-refractivity contribution < 1.29 is 0 Å². The number of rotatable bonds is 3. The van der Waals surface area contributed by atoms with Crippen LogP contribution in [0.15, 0.2) is 34.9 Å². The van der Waals surface area contributed by atoms with Gasteiger partial charge in [0.25, 0.3) is 0 Å². The summed E-state index contributed by atoms with van der Waals surface area (Å²) < 4.78 is 1.10. The molecule has 1 aliphatic carbocycles. The number of nitrogens with one attached hydrogen (secondary N) is 1. The summed E-state index contributed by atoms with van der Waals surface area (Å²) in [5.74, 6) is 0. The summed E-state index contributed by atoms with van der Waals surface area (Å²) in [7, 11) is 4.37. The Morgan fingerprint density at radius 1 is 1.14 bits per heavy atom. The first-order valence-corrected chi connectivity index (χ1v) is 8.40. The van der Waals surface area contributed by atoms with Gasteiger partial charge in [-0.25, -0.2) is 0 Å². The van der Waals surface area contributed by atoms with Crippen LogP contribution in [-0.2, 0) is 0 Å². The van der Waals surface area contributed by atoms with Crippen LogP contribution in [0.25, 0.3) is 10.9 Å². The van der Waals surface area contributed by atoms with Crippen molar-refractivity contribution >= 4 is 32.5 Å². The third kappa shape index (κ3) is 3.38. The summed E-state index contributed by atoms with van der Waals surface area (Å²) in [6.45, 7) is 0. The lowest BCUT2D eigenvalue weighted by Gasteiger charge is -2.33. The lowest BCUT2D eigenvalue weighted by atomic mass is 9.90. The zero-order valence-electron chi connectivity index (χ0n) is 12.6. The van der Waals surface area contributed by atoms with E-state index >= 15 is 0 Å². The smallest absolute Gasteiger partial charge is 0.0723 e. The number of pyridine rings is 1. The van der Waals surface area contributed by atoms with Crippen molar-refractivity contribution in [1.82, 2.24) is 9.88 Å². The Kier molecular flexibility index (Phi) is 4.45. The van der Waals surface area contributed by atoms with E-state index in [1.54, 1.807) is 0 Å². The number of hydrogen-bond acceptors (Lipinski definition) is 3. The van der Waals surface area contributed by atoms with Crippen molar-refractivity contribution in [3.05, 3.63) is 34.9 Å². The van der Waals surface area contributed by atoms with Gasteiger partial charge in [-0.1, -0.05) is 15.9 Å². The number of aromatic nitrogens is 1. The second kappa shape index (κ2) is 6.32. The van der Waals surface area contributed by atoms with Crippen molar-refractivity contribution in [3.8, 4) is 0 Å². The largest absolute Gasteiger partial charge is 0.382 e. The average Bonchev–Trinajstić information content (AvgIpc) is 2.48. The van der Waals surface area contributed by atoms with Gasteiger partial charge >= 0.3 is 0 Å². The Balaban J connectivity index is 1.75. The van der Waals surface area contributed by atoms with Gasteiger partial charge in [0.1, 0.15) is 0 Å². The van der Waals surface area contributed by atoms with Crippen LogP contribution in [0.1, 0.15) is 25.7 Å². The van der Waals surface area contributed by atoms with Gasteiger partial charge in [-0.2, -0.15) is 0 Å². The normalized spacial score (nSPS) is 22.7. The summed E-state index contributed by atoms with van der Waals surface area (Å²) in [5, 5.41) is 4.93. The molecule has 1 N–H and O–H groups in total. The van der Waals surface area contributed by atoms with Crippen LogP contribution in [0.3, 0.4) is 0 Å². The lowest BCUT2D eigenvalue weighted by molar-refractivity contribution is 0.221. The van der Waals surface area contributed by atoms with Crippen LogP contribution in [0.2, 0.25) is 0 Å². The third-order valence-corrected chi connectivity index (χ3v) is 4.98. The topological polar surface area (TPSA) is 28.2 Å². The van der Waals surface area contributed by atoms with E-state index < -0.39 is 0 Å². The molecule has 0 spiro atoms. The standard InChI is InChI=1S/C17H22BrN3/c1-21(2)14-6-4-13(5-7-14)20-17-9-10-19-16-8-3-12(18)11-15(16)17/h3,8-11,13-14H,4-7H2,1-2H3,(H,19,20). The van der Waals surface area contributed by atoms with Crippen molar-refractivity contribution in [1.29, 1.82) is 0 Å². The Morgan fingerprint density at radius 3 is 2.62 bits per heavy atom. The fourth-order valence-corrected chi connectivity index (χ4v) is 3.56. The Labute approximate surface area is 134 Å². The summed E-state index contributed by atoms with van der Waals surface area (Å²) in [5.41, 5.74) is 2.25. The van der Waals surface area contributed by atoms with Gasteiger partial charge < -0.3 is 10.2 Å².